The monoisotopic (exact) mass is 358 g/mol. The number of fused-ring (bicyclic) bond motifs is 1. The van der Waals surface area contributed by atoms with Crippen LogP contribution >= 0.6 is 0 Å². The van der Waals surface area contributed by atoms with Gasteiger partial charge in [0.1, 0.15) is 12.4 Å². The van der Waals surface area contributed by atoms with Gasteiger partial charge in [0.05, 0.1) is 11.1 Å². The Morgan fingerprint density at radius 3 is 2.69 bits per heavy atom. The largest absolute Gasteiger partial charge is 0.490 e. The number of amides is 2. The zero-order valence-electron chi connectivity index (χ0n) is 16.3. The van der Waals surface area contributed by atoms with Gasteiger partial charge < -0.3 is 15.0 Å². The molecule has 0 bridgehead atoms. The molecular weight excluding hydrogens is 328 g/mol. The smallest absolute Gasteiger partial charge is 0.236 e. The van der Waals surface area contributed by atoms with Crippen molar-refractivity contribution in [2.24, 2.45) is 17.3 Å². The summed E-state index contributed by atoms with van der Waals surface area (Å²) in [6, 6.07) is 5.61. The molecule has 1 aliphatic heterocycles. The normalized spacial score (nSPS) is 19.4. The van der Waals surface area contributed by atoms with E-state index in [2.05, 4.69) is 19.2 Å². The Hall–Kier alpha value is -2.04. The summed E-state index contributed by atoms with van der Waals surface area (Å²) >= 11 is 0. The second-order valence-corrected chi connectivity index (χ2v) is 8.61. The number of anilines is 2. The minimum atomic E-state index is -0.578. The van der Waals surface area contributed by atoms with Crippen molar-refractivity contribution in [2.45, 2.75) is 53.4 Å². The molecule has 1 saturated carbocycles. The molecule has 0 aromatic heterocycles. The zero-order valence-corrected chi connectivity index (χ0v) is 16.3. The minimum absolute atomic E-state index is 0.0814. The van der Waals surface area contributed by atoms with Gasteiger partial charge in [-0.25, -0.2) is 0 Å². The van der Waals surface area contributed by atoms with Gasteiger partial charge in [-0.05, 0) is 51.2 Å². The maximum atomic E-state index is 13.0. The molecule has 1 fully saturated rings. The number of nitrogens with one attached hydrogen (secondary N) is 1. The van der Waals surface area contributed by atoms with Gasteiger partial charge in [-0.1, -0.05) is 20.3 Å². The van der Waals surface area contributed by atoms with Crippen LogP contribution in [0.5, 0.6) is 5.75 Å². The molecule has 0 unspecified atom stereocenters. The summed E-state index contributed by atoms with van der Waals surface area (Å²) in [6.07, 6.45) is 4.01. The molecule has 142 valence electrons. The van der Waals surface area contributed by atoms with Crippen molar-refractivity contribution >= 4 is 23.2 Å². The number of hydrogen-bond acceptors (Lipinski definition) is 3. The molecular formula is C21H30N2O3. The predicted molar refractivity (Wildman–Crippen MR) is 103 cm³/mol. The van der Waals surface area contributed by atoms with Gasteiger partial charge in [-0.3, -0.25) is 9.59 Å². The first-order valence-corrected chi connectivity index (χ1v) is 9.67. The van der Waals surface area contributed by atoms with E-state index in [1.807, 2.05) is 36.9 Å². The van der Waals surface area contributed by atoms with Crippen LogP contribution in [0.4, 0.5) is 11.4 Å². The van der Waals surface area contributed by atoms with Crippen LogP contribution in [0.3, 0.4) is 0 Å². The summed E-state index contributed by atoms with van der Waals surface area (Å²) in [5.74, 6) is 1.48. The summed E-state index contributed by atoms with van der Waals surface area (Å²) in [7, 11) is 0. The molecule has 0 atom stereocenters. The topological polar surface area (TPSA) is 58.6 Å². The SMILES string of the molecule is CC(C)CCN1C(=O)C(C)(C)COc2cc(NC(=O)C3CCC3)ccc21. The Bertz CT molecular complexity index is 692. The Morgan fingerprint density at radius 2 is 2.08 bits per heavy atom. The van der Waals surface area contributed by atoms with Gasteiger partial charge in [0, 0.05) is 24.2 Å². The Kier molecular flexibility index (Phi) is 5.26. The first-order valence-electron chi connectivity index (χ1n) is 9.67. The molecule has 0 spiro atoms. The van der Waals surface area contributed by atoms with Crippen molar-refractivity contribution in [1.82, 2.24) is 0 Å². The van der Waals surface area contributed by atoms with E-state index in [0.717, 1.165) is 37.1 Å². The fraction of sp³-hybridized carbons (Fsp3) is 0.619. The highest BCUT2D eigenvalue weighted by Gasteiger charge is 2.37. The van der Waals surface area contributed by atoms with Gasteiger partial charge in [0.25, 0.3) is 0 Å². The Morgan fingerprint density at radius 1 is 1.35 bits per heavy atom. The number of nitrogens with zero attached hydrogens (tertiary/aromatic N) is 1. The molecule has 1 aromatic rings. The number of carbonyl (C=O) groups excluding carboxylic acids is 2. The molecule has 1 heterocycles. The van der Waals surface area contributed by atoms with Crippen LogP contribution in [0.2, 0.25) is 0 Å². The Labute approximate surface area is 156 Å². The lowest BCUT2D eigenvalue weighted by molar-refractivity contribution is -0.127. The van der Waals surface area contributed by atoms with Crippen LogP contribution in [0.15, 0.2) is 18.2 Å². The van der Waals surface area contributed by atoms with E-state index in [1.54, 1.807) is 0 Å². The molecule has 2 aliphatic rings. The summed E-state index contributed by atoms with van der Waals surface area (Å²) in [6.45, 7) is 9.15. The third-order valence-corrected chi connectivity index (χ3v) is 5.34. The minimum Gasteiger partial charge on any atom is -0.490 e. The summed E-state index contributed by atoms with van der Waals surface area (Å²) in [5, 5.41) is 2.99. The van der Waals surface area contributed by atoms with E-state index in [0.29, 0.717) is 24.8 Å². The third kappa shape index (κ3) is 3.87. The predicted octanol–water partition coefficient (Wildman–Crippen LogP) is 4.22. The van der Waals surface area contributed by atoms with Crippen molar-refractivity contribution in [1.29, 1.82) is 0 Å². The van der Waals surface area contributed by atoms with Crippen molar-refractivity contribution in [3.63, 3.8) is 0 Å². The van der Waals surface area contributed by atoms with E-state index in [4.69, 9.17) is 4.74 Å². The van der Waals surface area contributed by atoms with E-state index >= 15 is 0 Å². The van der Waals surface area contributed by atoms with E-state index in [9.17, 15) is 9.59 Å². The highest BCUT2D eigenvalue weighted by molar-refractivity contribution is 6.00. The molecule has 26 heavy (non-hydrogen) atoms. The van der Waals surface area contributed by atoms with E-state index in [-0.39, 0.29) is 17.7 Å². The van der Waals surface area contributed by atoms with Crippen molar-refractivity contribution in [3.05, 3.63) is 18.2 Å². The van der Waals surface area contributed by atoms with Crippen LogP contribution in [0.25, 0.3) is 0 Å². The molecule has 5 heteroatoms. The second kappa shape index (κ2) is 7.29. The van der Waals surface area contributed by atoms with Crippen LogP contribution in [0.1, 0.15) is 53.4 Å². The van der Waals surface area contributed by atoms with Gasteiger partial charge in [-0.2, -0.15) is 0 Å². The highest BCUT2D eigenvalue weighted by Crippen LogP contribution is 2.39. The zero-order chi connectivity index (χ0) is 18.9. The molecule has 3 rings (SSSR count). The van der Waals surface area contributed by atoms with Gasteiger partial charge in [-0.15, -0.1) is 0 Å². The lowest BCUT2D eigenvalue weighted by Gasteiger charge is -2.28. The van der Waals surface area contributed by atoms with Crippen molar-refractivity contribution < 1.29 is 14.3 Å². The van der Waals surface area contributed by atoms with Gasteiger partial charge >= 0.3 is 0 Å². The fourth-order valence-corrected chi connectivity index (χ4v) is 3.25. The standard InChI is InChI=1S/C21H30N2O3/c1-14(2)10-11-23-17-9-8-16(22-19(24)15-6-5-7-15)12-18(17)26-13-21(3,4)20(23)25/h8-9,12,14-15H,5-7,10-11,13H2,1-4H3,(H,22,24). The van der Waals surface area contributed by atoms with Crippen LogP contribution in [0, 0.1) is 17.3 Å². The third-order valence-electron chi connectivity index (χ3n) is 5.34. The lowest BCUT2D eigenvalue weighted by atomic mass is 9.85. The van der Waals surface area contributed by atoms with Crippen LogP contribution in [-0.4, -0.2) is 25.0 Å². The quantitative estimate of drug-likeness (QED) is 0.857. The number of ether oxygens (including phenoxy) is 1. The van der Waals surface area contributed by atoms with Crippen molar-refractivity contribution in [2.75, 3.05) is 23.4 Å². The van der Waals surface area contributed by atoms with Crippen LogP contribution < -0.4 is 15.0 Å². The lowest BCUT2D eigenvalue weighted by Crippen LogP contribution is -2.42. The molecule has 1 N–H and O–H groups in total. The highest BCUT2D eigenvalue weighted by atomic mass is 16.5. The van der Waals surface area contributed by atoms with Gasteiger partial charge in [0.15, 0.2) is 0 Å². The second-order valence-electron chi connectivity index (χ2n) is 8.61. The summed E-state index contributed by atoms with van der Waals surface area (Å²) in [4.78, 5) is 27.1. The molecule has 0 saturated heterocycles. The fourth-order valence-electron chi connectivity index (χ4n) is 3.25. The Balaban J connectivity index is 1.85. The van der Waals surface area contributed by atoms with E-state index < -0.39 is 5.41 Å². The first kappa shape index (κ1) is 18.7. The number of carbonyl (C=O) groups is 2. The maximum absolute atomic E-state index is 13.0. The maximum Gasteiger partial charge on any atom is 0.236 e. The summed E-state index contributed by atoms with van der Waals surface area (Å²) in [5.41, 5.74) is 0.949. The first-order chi connectivity index (χ1) is 12.3. The molecule has 0 radical (unpaired) electrons. The molecule has 2 amide bonds. The molecule has 1 aliphatic carbocycles. The number of benzene rings is 1. The molecule has 1 aromatic carbocycles. The average molecular weight is 358 g/mol. The summed E-state index contributed by atoms with van der Waals surface area (Å²) < 4.78 is 5.98. The molecule has 5 nitrogen and oxygen atoms in total. The van der Waals surface area contributed by atoms with E-state index in [1.165, 1.54) is 0 Å². The number of rotatable bonds is 5. The number of hydrogen-bond donors (Lipinski definition) is 1. The van der Waals surface area contributed by atoms with Crippen LogP contribution in [-0.2, 0) is 9.59 Å². The van der Waals surface area contributed by atoms with Gasteiger partial charge in [0.2, 0.25) is 11.8 Å². The van der Waals surface area contributed by atoms with Crippen molar-refractivity contribution in [3.8, 4) is 5.75 Å². The average Bonchev–Trinajstić information content (AvgIpc) is 2.60.